The second kappa shape index (κ2) is 9.55. The van der Waals surface area contributed by atoms with Crippen LogP contribution in [0.15, 0.2) is 60.4 Å². The summed E-state index contributed by atoms with van der Waals surface area (Å²) >= 11 is 0. The van der Waals surface area contributed by atoms with Crippen LogP contribution >= 0.6 is 0 Å². The summed E-state index contributed by atoms with van der Waals surface area (Å²) in [6, 6.07) is 10.4. The van der Waals surface area contributed by atoms with Gasteiger partial charge in [-0.15, -0.1) is 6.58 Å². The lowest BCUT2D eigenvalue weighted by atomic mass is 10.2. The summed E-state index contributed by atoms with van der Waals surface area (Å²) in [5.74, 6) is 1.88. The quantitative estimate of drug-likeness (QED) is 0.351. The Morgan fingerprint density at radius 1 is 1.38 bits per heavy atom. The van der Waals surface area contributed by atoms with Crippen molar-refractivity contribution in [3.05, 3.63) is 66.8 Å². The van der Waals surface area contributed by atoms with E-state index < -0.39 is 0 Å². The monoisotopic (exact) mass is 325 g/mol. The predicted molar refractivity (Wildman–Crippen MR) is 100 cm³/mol. The van der Waals surface area contributed by atoms with Gasteiger partial charge in [-0.2, -0.15) is 0 Å². The maximum atomic E-state index is 4.47. The number of aliphatic imine (C=N–C) groups is 1. The molecule has 0 bridgehead atoms. The van der Waals surface area contributed by atoms with Crippen LogP contribution in [-0.2, 0) is 13.1 Å². The molecular weight excluding hydrogens is 298 g/mol. The molecule has 1 N–H and O–H groups in total. The molecule has 5 nitrogen and oxygen atoms in total. The molecule has 0 unspecified atom stereocenters. The molecule has 1 aromatic heterocycles. The van der Waals surface area contributed by atoms with Gasteiger partial charge < -0.3 is 14.8 Å². The van der Waals surface area contributed by atoms with Gasteiger partial charge in [-0.1, -0.05) is 36.4 Å². The average molecular weight is 325 g/mol. The summed E-state index contributed by atoms with van der Waals surface area (Å²) in [5.41, 5.74) is 1.27. The molecule has 0 amide bonds. The van der Waals surface area contributed by atoms with Gasteiger partial charge in [0.15, 0.2) is 5.96 Å². The molecule has 0 saturated heterocycles. The summed E-state index contributed by atoms with van der Waals surface area (Å²) in [5, 5.41) is 3.39. The third-order valence-electron chi connectivity index (χ3n) is 3.88. The van der Waals surface area contributed by atoms with Gasteiger partial charge in [0.25, 0.3) is 0 Å². The van der Waals surface area contributed by atoms with Crippen LogP contribution in [0.2, 0.25) is 0 Å². The van der Waals surface area contributed by atoms with E-state index in [2.05, 4.69) is 62.7 Å². The third kappa shape index (κ3) is 5.26. The molecule has 24 heavy (non-hydrogen) atoms. The van der Waals surface area contributed by atoms with Crippen LogP contribution in [0.25, 0.3) is 0 Å². The Kier molecular flexibility index (Phi) is 7.08. The summed E-state index contributed by atoms with van der Waals surface area (Å²) in [6.07, 6.45) is 7.90. The number of aromatic nitrogens is 2. The van der Waals surface area contributed by atoms with Gasteiger partial charge in [-0.25, -0.2) is 4.98 Å². The first-order chi connectivity index (χ1) is 11.7. The standard InChI is InChI=1S/C19H27N5/c1-4-5-9-13-23(3)19(20-2)22-15-18-21-12-14-24(18)16-17-10-7-6-8-11-17/h4,6-8,10-12,14H,1,5,9,13,15-16H2,2-3H3,(H,20,22). The molecule has 0 atom stereocenters. The topological polar surface area (TPSA) is 45.4 Å². The highest BCUT2D eigenvalue weighted by atomic mass is 15.3. The Balaban J connectivity index is 1.91. The highest BCUT2D eigenvalue weighted by molar-refractivity contribution is 5.79. The smallest absolute Gasteiger partial charge is 0.193 e. The summed E-state index contributed by atoms with van der Waals surface area (Å²) in [7, 11) is 3.86. The van der Waals surface area contributed by atoms with Crippen molar-refractivity contribution >= 4 is 5.96 Å². The van der Waals surface area contributed by atoms with Gasteiger partial charge >= 0.3 is 0 Å². The molecule has 2 rings (SSSR count). The Morgan fingerprint density at radius 2 is 2.17 bits per heavy atom. The van der Waals surface area contributed by atoms with E-state index in [1.165, 1.54) is 5.56 Å². The fourth-order valence-corrected chi connectivity index (χ4v) is 2.55. The molecule has 0 radical (unpaired) electrons. The summed E-state index contributed by atoms with van der Waals surface area (Å²) in [6.45, 7) is 6.19. The molecule has 0 saturated carbocycles. The van der Waals surface area contributed by atoms with Crippen molar-refractivity contribution in [2.45, 2.75) is 25.9 Å². The molecule has 0 aliphatic rings. The normalized spacial score (nSPS) is 11.3. The largest absolute Gasteiger partial charge is 0.349 e. The number of hydrogen-bond donors (Lipinski definition) is 1. The van der Waals surface area contributed by atoms with Crippen LogP contribution < -0.4 is 5.32 Å². The number of unbranched alkanes of at least 4 members (excludes halogenated alkanes) is 1. The zero-order valence-electron chi connectivity index (χ0n) is 14.7. The summed E-state index contributed by atoms with van der Waals surface area (Å²) in [4.78, 5) is 10.9. The Labute approximate surface area is 144 Å². The van der Waals surface area contributed by atoms with E-state index >= 15 is 0 Å². The van der Waals surface area contributed by atoms with Crippen LogP contribution in [0.1, 0.15) is 24.2 Å². The highest BCUT2D eigenvalue weighted by Crippen LogP contribution is 2.05. The fraction of sp³-hybridized carbons (Fsp3) is 0.368. The van der Waals surface area contributed by atoms with Crippen molar-refractivity contribution in [1.29, 1.82) is 0 Å². The van der Waals surface area contributed by atoms with E-state index in [4.69, 9.17) is 0 Å². The first-order valence-electron chi connectivity index (χ1n) is 8.31. The highest BCUT2D eigenvalue weighted by Gasteiger charge is 2.08. The summed E-state index contributed by atoms with van der Waals surface area (Å²) < 4.78 is 2.16. The number of imidazole rings is 1. The Morgan fingerprint density at radius 3 is 2.88 bits per heavy atom. The number of benzene rings is 1. The number of hydrogen-bond acceptors (Lipinski definition) is 2. The van der Waals surface area contributed by atoms with E-state index in [0.29, 0.717) is 6.54 Å². The Bertz CT molecular complexity index is 645. The molecular formula is C19H27N5. The SMILES string of the molecule is C=CCCCN(C)C(=NC)NCc1nccn1Cc1ccccc1. The van der Waals surface area contributed by atoms with Gasteiger partial charge in [0, 0.05) is 39.6 Å². The van der Waals surface area contributed by atoms with Crippen molar-refractivity contribution in [3.63, 3.8) is 0 Å². The number of nitrogens with one attached hydrogen (secondary N) is 1. The van der Waals surface area contributed by atoms with Gasteiger partial charge in [0.2, 0.25) is 0 Å². The molecule has 2 aromatic rings. The van der Waals surface area contributed by atoms with Gasteiger partial charge in [-0.05, 0) is 18.4 Å². The fourth-order valence-electron chi connectivity index (χ4n) is 2.55. The van der Waals surface area contributed by atoms with Gasteiger partial charge in [0.05, 0.1) is 6.54 Å². The first kappa shape index (κ1) is 17.8. The van der Waals surface area contributed by atoms with E-state index in [1.54, 1.807) is 0 Å². The van der Waals surface area contributed by atoms with Crippen molar-refractivity contribution < 1.29 is 0 Å². The van der Waals surface area contributed by atoms with Crippen molar-refractivity contribution in [2.75, 3.05) is 20.6 Å². The predicted octanol–water partition coefficient (Wildman–Crippen LogP) is 2.90. The average Bonchev–Trinajstić information content (AvgIpc) is 3.04. The second-order valence-corrected chi connectivity index (χ2v) is 5.71. The minimum Gasteiger partial charge on any atom is -0.349 e. The minimum absolute atomic E-state index is 0.651. The van der Waals surface area contributed by atoms with Crippen LogP contribution in [0, 0.1) is 0 Å². The van der Waals surface area contributed by atoms with Crippen molar-refractivity contribution in [1.82, 2.24) is 19.8 Å². The molecule has 0 spiro atoms. The van der Waals surface area contributed by atoms with E-state index in [-0.39, 0.29) is 0 Å². The molecule has 1 aromatic carbocycles. The number of rotatable bonds is 8. The van der Waals surface area contributed by atoms with E-state index in [1.807, 2.05) is 31.6 Å². The molecule has 0 aliphatic carbocycles. The lowest BCUT2D eigenvalue weighted by Gasteiger charge is -2.22. The van der Waals surface area contributed by atoms with Gasteiger partial charge in [0.1, 0.15) is 5.82 Å². The number of nitrogens with zero attached hydrogens (tertiary/aromatic N) is 4. The third-order valence-corrected chi connectivity index (χ3v) is 3.88. The molecule has 0 fully saturated rings. The van der Waals surface area contributed by atoms with Crippen LogP contribution in [0.3, 0.4) is 0 Å². The Hall–Kier alpha value is -2.56. The lowest BCUT2D eigenvalue weighted by molar-refractivity contribution is 0.467. The molecule has 128 valence electrons. The molecule has 0 aliphatic heterocycles. The van der Waals surface area contributed by atoms with E-state index in [0.717, 1.165) is 37.7 Å². The molecule has 1 heterocycles. The lowest BCUT2D eigenvalue weighted by Crippen LogP contribution is -2.39. The molecule has 5 heteroatoms. The van der Waals surface area contributed by atoms with Crippen molar-refractivity contribution in [2.24, 2.45) is 4.99 Å². The zero-order valence-corrected chi connectivity index (χ0v) is 14.7. The number of guanidine groups is 1. The minimum atomic E-state index is 0.651. The first-order valence-corrected chi connectivity index (χ1v) is 8.31. The van der Waals surface area contributed by atoms with Crippen LogP contribution in [0.4, 0.5) is 0 Å². The maximum absolute atomic E-state index is 4.47. The second-order valence-electron chi connectivity index (χ2n) is 5.71. The van der Waals surface area contributed by atoms with Gasteiger partial charge in [-0.3, -0.25) is 4.99 Å². The van der Waals surface area contributed by atoms with Crippen LogP contribution in [-0.4, -0.2) is 41.1 Å². The van der Waals surface area contributed by atoms with Crippen LogP contribution in [0.5, 0.6) is 0 Å². The maximum Gasteiger partial charge on any atom is 0.193 e. The zero-order chi connectivity index (χ0) is 17.2. The van der Waals surface area contributed by atoms with E-state index in [9.17, 15) is 0 Å². The van der Waals surface area contributed by atoms with Crippen molar-refractivity contribution in [3.8, 4) is 0 Å². The number of allylic oxidation sites excluding steroid dienone is 1.